The lowest BCUT2D eigenvalue weighted by Crippen LogP contribution is -2.29. The summed E-state index contributed by atoms with van der Waals surface area (Å²) in [6.07, 6.45) is -0.433. The van der Waals surface area contributed by atoms with Gasteiger partial charge in [0.1, 0.15) is 17.6 Å². The molecule has 0 spiro atoms. The number of benzene rings is 1. The molecule has 0 saturated heterocycles. The standard InChI is InChI=1S/C17H18O6/c1-9(18)7-12-8-15(23-11(3)20)16-13(17(12)21)5-4-6-14(16)22-10(2)19/h4-6,12,15H,7-8H2,1-3H3. The number of fused-ring (bicyclic) bond motifs is 1. The second-order valence-corrected chi connectivity index (χ2v) is 5.61. The van der Waals surface area contributed by atoms with Crippen molar-refractivity contribution in [3.8, 4) is 5.75 Å². The van der Waals surface area contributed by atoms with Gasteiger partial charge in [0, 0.05) is 37.3 Å². The Labute approximate surface area is 133 Å². The van der Waals surface area contributed by atoms with Crippen molar-refractivity contribution in [2.75, 3.05) is 0 Å². The SMILES string of the molecule is CC(=O)CC1CC(OC(C)=O)c2c(OC(C)=O)cccc2C1=O. The molecule has 0 aliphatic heterocycles. The van der Waals surface area contributed by atoms with E-state index in [2.05, 4.69) is 0 Å². The Morgan fingerprint density at radius 1 is 1.13 bits per heavy atom. The summed E-state index contributed by atoms with van der Waals surface area (Å²) < 4.78 is 10.4. The average molecular weight is 318 g/mol. The van der Waals surface area contributed by atoms with Gasteiger partial charge < -0.3 is 14.3 Å². The van der Waals surface area contributed by atoms with Crippen LogP contribution in [0.15, 0.2) is 18.2 Å². The van der Waals surface area contributed by atoms with Crippen molar-refractivity contribution in [3.63, 3.8) is 0 Å². The number of carbonyl (C=O) groups is 4. The summed E-state index contributed by atoms with van der Waals surface area (Å²) in [4.78, 5) is 46.6. The maximum absolute atomic E-state index is 12.6. The molecule has 6 heteroatoms. The van der Waals surface area contributed by atoms with E-state index < -0.39 is 24.0 Å². The number of carbonyl (C=O) groups excluding carboxylic acids is 4. The molecule has 0 amide bonds. The number of rotatable bonds is 4. The molecule has 1 aromatic carbocycles. The van der Waals surface area contributed by atoms with E-state index in [1.807, 2.05) is 0 Å². The van der Waals surface area contributed by atoms with Crippen molar-refractivity contribution in [3.05, 3.63) is 29.3 Å². The highest BCUT2D eigenvalue weighted by atomic mass is 16.6. The van der Waals surface area contributed by atoms with Crippen LogP contribution in [0.1, 0.15) is 55.6 Å². The lowest BCUT2D eigenvalue weighted by atomic mass is 9.78. The number of ether oxygens (including phenoxy) is 2. The molecule has 2 unspecified atom stereocenters. The fourth-order valence-corrected chi connectivity index (χ4v) is 2.87. The summed E-state index contributed by atoms with van der Waals surface area (Å²) in [5.74, 6) is -1.68. The molecule has 0 bridgehead atoms. The molecular formula is C17H18O6. The van der Waals surface area contributed by atoms with Crippen molar-refractivity contribution < 1.29 is 28.7 Å². The fraction of sp³-hybridized carbons (Fsp3) is 0.412. The van der Waals surface area contributed by atoms with Crippen molar-refractivity contribution in [1.82, 2.24) is 0 Å². The van der Waals surface area contributed by atoms with Crippen LogP contribution in [0.5, 0.6) is 5.75 Å². The highest BCUT2D eigenvalue weighted by molar-refractivity contribution is 6.03. The zero-order chi connectivity index (χ0) is 17.1. The third kappa shape index (κ3) is 3.83. The zero-order valence-corrected chi connectivity index (χ0v) is 13.3. The predicted molar refractivity (Wildman–Crippen MR) is 80.0 cm³/mol. The molecule has 6 nitrogen and oxygen atoms in total. The summed E-state index contributed by atoms with van der Waals surface area (Å²) in [5.41, 5.74) is 0.718. The smallest absolute Gasteiger partial charge is 0.308 e. The Hall–Kier alpha value is -2.50. The van der Waals surface area contributed by atoms with Crippen LogP contribution in [-0.2, 0) is 19.1 Å². The van der Waals surface area contributed by atoms with Gasteiger partial charge in [-0.1, -0.05) is 12.1 Å². The van der Waals surface area contributed by atoms with Crippen LogP contribution in [0.2, 0.25) is 0 Å². The number of hydrogen-bond donors (Lipinski definition) is 0. The lowest BCUT2D eigenvalue weighted by Gasteiger charge is -2.30. The van der Waals surface area contributed by atoms with E-state index in [0.717, 1.165) is 0 Å². The number of ketones is 2. The van der Waals surface area contributed by atoms with Gasteiger partial charge in [-0.05, 0) is 19.4 Å². The minimum Gasteiger partial charge on any atom is -0.457 e. The second-order valence-electron chi connectivity index (χ2n) is 5.61. The van der Waals surface area contributed by atoms with Gasteiger partial charge in [-0.2, -0.15) is 0 Å². The molecular weight excluding hydrogens is 300 g/mol. The Balaban J connectivity index is 2.50. The van der Waals surface area contributed by atoms with Gasteiger partial charge in [-0.3, -0.25) is 14.4 Å². The van der Waals surface area contributed by atoms with Gasteiger partial charge in [0.15, 0.2) is 5.78 Å². The molecule has 2 rings (SSSR count). The van der Waals surface area contributed by atoms with Gasteiger partial charge >= 0.3 is 11.9 Å². The average Bonchev–Trinajstić information content (AvgIpc) is 2.42. The molecule has 23 heavy (non-hydrogen) atoms. The molecule has 1 aromatic rings. The molecule has 2 atom stereocenters. The minimum atomic E-state index is -0.722. The van der Waals surface area contributed by atoms with Crippen LogP contribution in [0.3, 0.4) is 0 Å². The highest BCUT2D eigenvalue weighted by Crippen LogP contribution is 2.42. The van der Waals surface area contributed by atoms with Crippen molar-refractivity contribution in [2.45, 2.75) is 39.7 Å². The van der Waals surface area contributed by atoms with Crippen LogP contribution in [0.4, 0.5) is 0 Å². The van der Waals surface area contributed by atoms with Gasteiger partial charge in [-0.15, -0.1) is 0 Å². The lowest BCUT2D eigenvalue weighted by molar-refractivity contribution is -0.147. The third-order valence-corrected chi connectivity index (χ3v) is 3.62. The minimum absolute atomic E-state index is 0.0911. The largest absolute Gasteiger partial charge is 0.457 e. The van der Waals surface area contributed by atoms with Crippen LogP contribution in [-0.4, -0.2) is 23.5 Å². The maximum Gasteiger partial charge on any atom is 0.308 e. The highest BCUT2D eigenvalue weighted by Gasteiger charge is 2.38. The van der Waals surface area contributed by atoms with E-state index >= 15 is 0 Å². The van der Waals surface area contributed by atoms with Crippen LogP contribution >= 0.6 is 0 Å². The molecule has 1 aliphatic carbocycles. The molecule has 0 saturated carbocycles. The van der Waals surface area contributed by atoms with E-state index in [1.165, 1.54) is 20.8 Å². The topological polar surface area (TPSA) is 86.7 Å². The first-order chi connectivity index (χ1) is 10.8. The van der Waals surface area contributed by atoms with E-state index in [0.29, 0.717) is 11.1 Å². The molecule has 0 radical (unpaired) electrons. The summed E-state index contributed by atoms with van der Waals surface area (Å²) in [5, 5.41) is 0. The summed E-state index contributed by atoms with van der Waals surface area (Å²) in [6.45, 7) is 3.94. The van der Waals surface area contributed by atoms with E-state index in [4.69, 9.17) is 9.47 Å². The predicted octanol–water partition coefficient (Wildman–Crippen LogP) is 2.40. The Morgan fingerprint density at radius 3 is 2.39 bits per heavy atom. The maximum atomic E-state index is 12.6. The van der Waals surface area contributed by atoms with Gasteiger partial charge in [-0.25, -0.2) is 0 Å². The normalized spacial score (nSPS) is 19.7. The molecule has 1 aliphatic rings. The molecule has 0 N–H and O–H groups in total. The molecule has 0 aromatic heterocycles. The number of esters is 2. The fourth-order valence-electron chi connectivity index (χ4n) is 2.87. The van der Waals surface area contributed by atoms with E-state index in [1.54, 1.807) is 18.2 Å². The number of Topliss-reactive ketones (excluding diaryl/α,β-unsaturated/α-hetero) is 2. The first-order valence-corrected chi connectivity index (χ1v) is 7.31. The van der Waals surface area contributed by atoms with Gasteiger partial charge in [0.25, 0.3) is 0 Å². The first-order valence-electron chi connectivity index (χ1n) is 7.31. The van der Waals surface area contributed by atoms with E-state index in [-0.39, 0.29) is 30.2 Å². The van der Waals surface area contributed by atoms with Crippen molar-refractivity contribution in [1.29, 1.82) is 0 Å². The summed E-state index contributed by atoms with van der Waals surface area (Å²) in [7, 11) is 0. The summed E-state index contributed by atoms with van der Waals surface area (Å²) >= 11 is 0. The first kappa shape index (κ1) is 16.9. The Bertz CT molecular complexity index is 676. The third-order valence-electron chi connectivity index (χ3n) is 3.62. The van der Waals surface area contributed by atoms with Crippen LogP contribution in [0.25, 0.3) is 0 Å². The van der Waals surface area contributed by atoms with Crippen molar-refractivity contribution >= 4 is 23.5 Å². The molecule has 122 valence electrons. The van der Waals surface area contributed by atoms with Crippen LogP contribution < -0.4 is 4.74 Å². The molecule has 0 fully saturated rings. The van der Waals surface area contributed by atoms with Crippen molar-refractivity contribution in [2.24, 2.45) is 5.92 Å². The van der Waals surface area contributed by atoms with Crippen LogP contribution in [0, 0.1) is 5.92 Å². The monoisotopic (exact) mass is 318 g/mol. The summed E-state index contributed by atoms with van der Waals surface area (Å²) in [6, 6.07) is 4.73. The Kier molecular flexibility index (Phi) is 4.93. The van der Waals surface area contributed by atoms with E-state index in [9.17, 15) is 19.2 Å². The number of hydrogen-bond acceptors (Lipinski definition) is 6. The zero-order valence-electron chi connectivity index (χ0n) is 13.3. The van der Waals surface area contributed by atoms with Gasteiger partial charge in [0.2, 0.25) is 0 Å². The second kappa shape index (κ2) is 6.73. The molecule has 0 heterocycles. The quantitative estimate of drug-likeness (QED) is 0.626. The van der Waals surface area contributed by atoms with Gasteiger partial charge in [0.05, 0.1) is 0 Å². The Morgan fingerprint density at radius 2 is 1.83 bits per heavy atom.